The van der Waals surface area contributed by atoms with E-state index in [0.717, 1.165) is 28.7 Å². The van der Waals surface area contributed by atoms with Crippen LogP contribution in [0.1, 0.15) is 22.4 Å². The van der Waals surface area contributed by atoms with E-state index in [-0.39, 0.29) is 5.82 Å². The minimum Gasteiger partial charge on any atom is -0.340 e. The molecule has 0 aliphatic heterocycles. The van der Waals surface area contributed by atoms with Crippen molar-refractivity contribution in [2.24, 2.45) is 0 Å². The Morgan fingerprint density at radius 3 is 2.39 bits per heavy atom. The van der Waals surface area contributed by atoms with E-state index >= 15 is 0 Å². The van der Waals surface area contributed by atoms with E-state index in [1.54, 1.807) is 24.3 Å². The Morgan fingerprint density at radius 2 is 1.64 bits per heavy atom. The maximum absolute atomic E-state index is 14.2. The molecule has 0 atom stereocenters. The van der Waals surface area contributed by atoms with E-state index in [1.807, 2.05) is 43.3 Å². The third kappa shape index (κ3) is 3.21. The third-order valence-electron chi connectivity index (χ3n) is 5.04. The van der Waals surface area contributed by atoms with Crippen LogP contribution < -0.4 is 0 Å². The molecule has 0 fully saturated rings. The molecule has 0 spiro atoms. The molecule has 0 bridgehead atoms. The molecule has 0 aliphatic carbocycles. The van der Waals surface area contributed by atoms with Crippen LogP contribution in [0, 0.1) is 24.1 Å². The minimum atomic E-state index is -0.388. The number of hydrogen-bond donors (Lipinski definition) is 0. The first kappa shape index (κ1) is 17.8. The van der Waals surface area contributed by atoms with Gasteiger partial charge in [-0.3, -0.25) is 0 Å². The highest BCUT2D eigenvalue weighted by atomic mass is 19.1. The van der Waals surface area contributed by atoms with Crippen molar-refractivity contribution in [1.82, 2.24) is 4.57 Å². The van der Waals surface area contributed by atoms with E-state index in [1.165, 1.54) is 11.6 Å². The Bertz CT molecular complexity index is 1210. The Hall–Kier alpha value is -3.64. The lowest BCUT2D eigenvalue weighted by Crippen LogP contribution is -2.01. The van der Waals surface area contributed by atoms with Gasteiger partial charge in [-0.2, -0.15) is 5.26 Å². The average Bonchev–Trinajstić information content (AvgIpc) is 2.99. The molecular weight excluding hydrogens is 347 g/mol. The Labute approximate surface area is 163 Å². The third-order valence-corrected chi connectivity index (χ3v) is 5.04. The summed E-state index contributed by atoms with van der Waals surface area (Å²) in [6, 6.07) is 27.0. The summed E-state index contributed by atoms with van der Waals surface area (Å²) in [5.74, 6) is -0.388. The van der Waals surface area contributed by atoms with Crippen molar-refractivity contribution in [1.29, 1.82) is 5.26 Å². The number of hydrogen-bond acceptors (Lipinski definition) is 1. The number of nitrogens with zero attached hydrogens (tertiary/aromatic N) is 2. The molecule has 0 aliphatic rings. The molecule has 2 nitrogen and oxygen atoms in total. The van der Waals surface area contributed by atoms with E-state index in [4.69, 9.17) is 0 Å². The first-order chi connectivity index (χ1) is 13.7. The summed E-state index contributed by atoms with van der Waals surface area (Å²) >= 11 is 0. The summed E-state index contributed by atoms with van der Waals surface area (Å²) in [5, 5.41) is 10.7. The first-order valence-corrected chi connectivity index (χ1v) is 9.17. The van der Waals surface area contributed by atoms with Gasteiger partial charge < -0.3 is 4.57 Å². The highest BCUT2D eigenvalue weighted by Gasteiger charge is 2.15. The van der Waals surface area contributed by atoms with E-state index in [9.17, 15) is 9.65 Å². The van der Waals surface area contributed by atoms with Gasteiger partial charge in [0.15, 0.2) is 0 Å². The summed E-state index contributed by atoms with van der Waals surface area (Å²) in [4.78, 5) is 0. The molecule has 0 saturated heterocycles. The lowest BCUT2D eigenvalue weighted by atomic mass is 10.0. The van der Waals surface area contributed by atoms with Gasteiger partial charge in [-0.05, 0) is 30.7 Å². The smallest absolute Gasteiger partial charge is 0.131 e. The first-order valence-electron chi connectivity index (χ1n) is 9.17. The standard InChI is InChI=1S/C25H19FN2/c1-18-23(15-20(16-27)21-11-5-7-13-24(21)26)22-12-6-8-14-25(22)28(18)17-19-9-3-2-4-10-19/h2-15H,17H2,1H3. The molecule has 4 aromatic rings. The van der Waals surface area contributed by atoms with E-state index in [2.05, 4.69) is 28.8 Å². The predicted molar refractivity (Wildman–Crippen MR) is 112 cm³/mol. The maximum atomic E-state index is 14.2. The number of allylic oxidation sites excluding steroid dienone is 1. The van der Waals surface area contributed by atoms with Gasteiger partial charge in [0, 0.05) is 34.3 Å². The van der Waals surface area contributed by atoms with Crippen LogP contribution in [0.3, 0.4) is 0 Å². The zero-order valence-corrected chi connectivity index (χ0v) is 15.6. The Balaban J connectivity index is 1.89. The van der Waals surface area contributed by atoms with Crippen LogP contribution in [-0.2, 0) is 6.54 Å². The molecule has 0 unspecified atom stereocenters. The van der Waals surface area contributed by atoms with Crippen molar-refractivity contribution >= 4 is 22.6 Å². The number of benzene rings is 3. The molecule has 0 N–H and O–H groups in total. The normalized spacial score (nSPS) is 11.5. The van der Waals surface area contributed by atoms with Crippen LogP contribution in [0.15, 0.2) is 78.9 Å². The van der Waals surface area contributed by atoms with Crippen molar-refractivity contribution in [3.63, 3.8) is 0 Å². The van der Waals surface area contributed by atoms with Crippen molar-refractivity contribution < 1.29 is 4.39 Å². The quantitative estimate of drug-likeness (QED) is 0.395. The van der Waals surface area contributed by atoms with Gasteiger partial charge in [0.1, 0.15) is 5.82 Å². The van der Waals surface area contributed by atoms with Crippen molar-refractivity contribution in [2.75, 3.05) is 0 Å². The van der Waals surface area contributed by atoms with Gasteiger partial charge in [-0.1, -0.05) is 66.7 Å². The molecule has 0 radical (unpaired) electrons. The molecule has 136 valence electrons. The topological polar surface area (TPSA) is 28.7 Å². The van der Waals surface area contributed by atoms with Crippen LogP contribution in [-0.4, -0.2) is 4.57 Å². The largest absolute Gasteiger partial charge is 0.340 e. The van der Waals surface area contributed by atoms with E-state index in [0.29, 0.717) is 11.1 Å². The second kappa shape index (κ2) is 7.54. The lowest BCUT2D eigenvalue weighted by molar-refractivity contribution is 0.624. The fourth-order valence-corrected chi connectivity index (χ4v) is 3.60. The van der Waals surface area contributed by atoms with Gasteiger partial charge in [0.25, 0.3) is 0 Å². The summed E-state index contributed by atoms with van der Waals surface area (Å²) in [6.07, 6.45) is 1.80. The number of nitriles is 1. The van der Waals surface area contributed by atoms with Crippen LogP contribution in [0.2, 0.25) is 0 Å². The molecule has 0 saturated carbocycles. The van der Waals surface area contributed by atoms with Gasteiger partial charge in [0.05, 0.1) is 11.6 Å². The molecule has 0 amide bonds. The van der Waals surface area contributed by atoms with Crippen molar-refractivity contribution in [3.05, 3.63) is 107 Å². The van der Waals surface area contributed by atoms with Gasteiger partial charge >= 0.3 is 0 Å². The fraction of sp³-hybridized carbons (Fsp3) is 0.0800. The zero-order chi connectivity index (χ0) is 19.5. The van der Waals surface area contributed by atoms with Crippen LogP contribution in [0.25, 0.3) is 22.6 Å². The number of fused-ring (bicyclic) bond motifs is 1. The summed E-state index contributed by atoms with van der Waals surface area (Å²) in [7, 11) is 0. The second-order valence-corrected chi connectivity index (χ2v) is 6.74. The minimum absolute atomic E-state index is 0.323. The van der Waals surface area contributed by atoms with Crippen molar-refractivity contribution in [2.45, 2.75) is 13.5 Å². The highest BCUT2D eigenvalue weighted by molar-refractivity contribution is 5.99. The van der Waals surface area contributed by atoms with Gasteiger partial charge in [-0.25, -0.2) is 4.39 Å². The van der Waals surface area contributed by atoms with Gasteiger partial charge in [-0.15, -0.1) is 0 Å². The number of rotatable bonds is 4. The number of para-hydroxylation sites is 1. The second-order valence-electron chi connectivity index (χ2n) is 6.74. The maximum Gasteiger partial charge on any atom is 0.131 e. The molecule has 3 aromatic carbocycles. The van der Waals surface area contributed by atoms with Crippen LogP contribution in [0.5, 0.6) is 0 Å². The molecule has 4 rings (SSSR count). The summed E-state index contributed by atoms with van der Waals surface area (Å²) in [6.45, 7) is 2.79. The Morgan fingerprint density at radius 1 is 0.964 bits per heavy atom. The fourth-order valence-electron chi connectivity index (χ4n) is 3.60. The van der Waals surface area contributed by atoms with Gasteiger partial charge in [0.2, 0.25) is 0 Å². The number of halogens is 1. The summed E-state index contributed by atoms with van der Waals surface area (Å²) in [5.41, 5.74) is 4.95. The summed E-state index contributed by atoms with van der Waals surface area (Å²) < 4.78 is 16.5. The molecule has 28 heavy (non-hydrogen) atoms. The van der Waals surface area contributed by atoms with Crippen LogP contribution in [0.4, 0.5) is 4.39 Å². The Kier molecular flexibility index (Phi) is 4.78. The molecule has 1 aromatic heterocycles. The average molecular weight is 366 g/mol. The number of aromatic nitrogens is 1. The zero-order valence-electron chi connectivity index (χ0n) is 15.6. The predicted octanol–water partition coefficient (Wildman–Crippen LogP) is 6.20. The molecular formula is C25H19FN2. The SMILES string of the molecule is Cc1c(C=C(C#N)c2ccccc2F)c2ccccc2n1Cc1ccccc1. The van der Waals surface area contributed by atoms with Crippen molar-refractivity contribution in [3.8, 4) is 6.07 Å². The lowest BCUT2D eigenvalue weighted by Gasteiger charge is -2.09. The molecule has 1 heterocycles. The van der Waals surface area contributed by atoms with Crippen LogP contribution >= 0.6 is 0 Å². The molecule has 3 heteroatoms. The monoisotopic (exact) mass is 366 g/mol. The highest BCUT2D eigenvalue weighted by Crippen LogP contribution is 2.31. The van der Waals surface area contributed by atoms with E-state index < -0.39 is 0 Å².